The summed E-state index contributed by atoms with van der Waals surface area (Å²) in [4.78, 5) is 23.2. The van der Waals surface area contributed by atoms with Crippen molar-refractivity contribution < 1.29 is 19.1 Å². The van der Waals surface area contributed by atoms with Crippen LogP contribution in [0.25, 0.3) is 0 Å². The van der Waals surface area contributed by atoms with Crippen molar-refractivity contribution in [3.05, 3.63) is 59.1 Å². The molecule has 1 amide bonds. The fourth-order valence-electron chi connectivity index (χ4n) is 1.90. The molecule has 2 rings (SSSR count). The molecule has 2 aromatic rings. The fourth-order valence-corrected chi connectivity index (χ4v) is 2.09. The normalized spacial score (nSPS) is 9.76. The molecule has 0 bridgehead atoms. The van der Waals surface area contributed by atoms with E-state index in [1.165, 1.54) is 12.1 Å². The van der Waals surface area contributed by atoms with Crippen molar-refractivity contribution in [3.8, 4) is 11.8 Å². The second kappa shape index (κ2) is 9.30. The molecule has 0 saturated carbocycles. The van der Waals surface area contributed by atoms with E-state index < -0.39 is 11.9 Å². The summed E-state index contributed by atoms with van der Waals surface area (Å²) in [6.07, 6.45) is -0.227. The third kappa shape index (κ3) is 5.83. The molecular formula is C18H15ClN2O4. The van der Waals surface area contributed by atoms with Gasteiger partial charge in [-0.2, -0.15) is 5.26 Å². The van der Waals surface area contributed by atoms with Gasteiger partial charge in [0.05, 0.1) is 16.7 Å². The lowest BCUT2D eigenvalue weighted by Gasteiger charge is -2.09. The van der Waals surface area contributed by atoms with Gasteiger partial charge in [-0.1, -0.05) is 23.7 Å². The molecule has 2 aromatic carbocycles. The number of rotatable bonds is 7. The van der Waals surface area contributed by atoms with E-state index >= 15 is 0 Å². The van der Waals surface area contributed by atoms with Crippen molar-refractivity contribution in [1.82, 2.24) is 0 Å². The Morgan fingerprint density at radius 1 is 1.08 bits per heavy atom. The molecular weight excluding hydrogens is 344 g/mol. The topological polar surface area (TPSA) is 88.4 Å². The first-order valence-electron chi connectivity index (χ1n) is 7.41. The Labute approximate surface area is 149 Å². The smallest absolute Gasteiger partial charge is 0.338 e. The number of hydrogen-bond acceptors (Lipinski definition) is 5. The minimum Gasteiger partial charge on any atom is -0.488 e. The van der Waals surface area contributed by atoms with Crippen molar-refractivity contribution in [3.63, 3.8) is 0 Å². The molecule has 0 radical (unpaired) electrons. The molecule has 0 unspecified atom stereocenters. The summed E-state index contributed by atoms with van der Waals surface area (Å²) in [5.74, 6) is -0.384. The van der Waals surface area contributed by atoms with Crippen LogP contribution in [-0.2, 0) is 9.53 Å². The van der Waals surface area contributed by atoms with Crippen LogP contribution in [0.2, 0.25) is 5.02 Å². The summed E-state index contributed by atoms with van der Waals surface area (Å²) in [6, 6.07) is 15.0. The number of para-hydroxylation sites is 1. The van der Waals surface area contributed by atoms with Gasteiger partial charge in [-0.05, 0) is 36.4 Å². The maximum absolute atomic E-state index is 11.9. The molecule has 0 aromatic heterocycles. The van der Waals surface area contributed by atoms with Crippen LogP contribution in [0.1, 0.15) is 16.8 Å². The van der Waals surface area contributed by atoms with Gasteiger partial charge in [0, 0.05) is 5.69 Å². The van der Waals surface area contributed by atoms with Crippen LogP contribution in [0.4, 0.5) is 5.69 Å². The van der Waals surface area contributed by atoms with Crippen molar-refractivity contribution in [1.29, 1.82) is 5.26 Å². The van der Waals surface area contributed by atoms with Crippen LogP contribution >= 0.6 is 11.6 Å². The molecule has 0 aliphatic rings. The van der Waals surface area contributed by atoms with E-state index in [1.807, 2.05) is 0 Å². The zero-order chi connectivity index (χ0) is 18.1. The number of nitrogens with one attached hydrogen (secondary N) is 1. The van der Waals surface area contributed by atoms with E-state index in [9.17, 15) is 9.59 Å². The Morgan fingerprint density at radius 3 is 2.48 bits per heavy atom. The number of anilines is 1. The standard InChI is InChI=1S/C18H15ClN2O4/c19-15-3-1-2-4-16(15)24-11-12-25-18(23)13-5-7-14(8-6-13)21-17(22)9-10-20/h1-8H,9,11-12H2,(H,21,22). The fraction of sp³-hybridized carbons (Fsp3) is 0.167. The molecule has 0 spiro atoms. The van der Waals surface area contributed by atoms with Gasteiger partial charge < -0.3 is 14.8 Å². The van der Waals surface area contributed by atoms with Gasteiger partial charge in [-0.25, -0.2) is 4.79 Å². The van der Waals surface area contributed by atoms with E-state index in [1.54, 1.807) is 42.5 Å². The summed E-state index contributed by atoms with van der Waals surface area (Å²) < 4.78 is 10.5. The molecule has 1 N–H and O–H groups in total. The zero-order valence-electron chi connectivity index (χ0n) is 13.2. The molecule has 0 fully saturated rings. The van der Waals surface area contributed by atoms with E-state index in [0.717, 1.165) is 0 Å². The number of hydrogen-bond donors (Lipinski definition) is 1. The Balaban J connectivity index is 1.78. The molecule has 0 atom stereocenters. The first kappa shape index (κ1) is 18.3. The highest BCUT2D eigenvalue weighted by molar-refractivity contribution is 6.32. The van der Waals surface area contributed by atoms with Gasteiger partial charge in [0.2, 0.25) is 5.91 Å². The summed E-state index contributed by atoms with van der Waals surface area (Å²) in [6.45, 7) is 0.252. The molecule has 128 valence electrons. The van der Waals surface area contributed by atoms with E-state index in [-0.39, 0.29) is 19.6 Å². The molecule has 7 heteroatoms. The predicted molar refractivity (Wildman–Crippen MR) is 92.5 cm³/mol. The van der Waals surface area contributed by atoms with Crippen LogP contribution in [0, 0.1) is 11.3 Å². The molecule has 0 aliphatic carbocycles. The van der Waals surface area contributed by atoms with E-state index in [4.69, 9.17) is 26.3 Å². The Hall–Kier alpha value is -3.04. The maximum atomic E-state index is 11.9. The first-order chi connectivity index (χ1) is 12.1. The van der Waals surface area contributed by atoms with Crippen LogP contribution in [0.3, 0.4) is 0 Å². The number of nitriles is 1. The second-order valence-electron chi connectivity index (χ2n) is 4.88. The van der Waals surface area contributed by atoms with Crippen LogP contribution in [0.5, 0.6) is 5.75 Å². The van der Waals surface area contributed by atoms with Gasteiger partial charge in [0.1, 0.15) is 25.4 Å². The number of carbonyl (C=O) groups excluding carboxylic acids is 2. The van der Waals surface area contributed by atoms with Gasteiger partial charge >= 0.3 is 5.97 Å². The van der Waals surface area contributed by atoms with Crippen molar-refractivity contribution in [2.75, 3.05) is 18.5 Å². The van der Waals surface area contributed by atoms with Crippen LogP contribution in [0.15, 0.2) is 48.5 Å². The van der Waals surface area contributed by atoms with E-state index in [2.05, 4.69) is 5.32 Å². The van der Waals surface area contributed by atoms with Gasteiger partial charge in [-0.3, -0.25) is 4.79 Å². The lowest BCUT2D eigenvalue weighted by molar-refractivity contribution is -0.115. The number of benzene rings is 2. The van der Waals surface area contributed by atoms with Crippen LogP contribution in [-0.4, -0.2) is 25.1 Å². The number of halogens is 1. The van der Waals surface area contributed by atoms with E-state index in [0.29, 0.717) is 22.0 Å². The highest BCUT2D eigenvalue weighted by Crippen LogP contribution is 2.22. The van der Waals surface area contributed by atoms with Crippen molar-refractivity contribution in [2.45, 2.75) is 6.42 Å². The quantitative estimate of drug-likeness (QED) is 0.605. The highest BCUT2D eigenvalue weighted by Gasteiger charge is 2.08. The monoisotopic (exact) mass is 358 g/mol. The number of nitrogens with zero attached hydrogens (tertiary/aromatic N) is 1. The van der Waals surface area contributed by atoms with Crippen molar-refractivity contribution in [2.24, 2.45) is 0 Å². The summed E-state index contributed by atoms with van der Waals surface area (Å²) >= 11 is 5.95. The maximum Gasteiger partial charge on any atom is 0.338 e. The summed E-state index contributed by atoms with van der Waals surface area (Å²) in [5.41, 5.74) is 0.842. The Kier molecular flexibility index (Phi) is 6.81. The SMILES string of the molecule is N#CCC(=O)Nc1ccc(C(=O)OCCOc2ccccc2Cl)cc1. The van der Waals surface area contributed by atoms with Crippen molar-refractivity contribution >= 4 is 29.2 Å². The Morgan fingerprint density at radius 2 is 1.80 bits per heavy atom. The molecule has 0 aliphatic heterocycles. The number of amides is 1. The average Bonchev–Trinajstić information content (AvgIpc) is 2.61. The third-order valence-corrected chi connectivity index (χ3v) is 3.37. The third-order valence-electron chi connectivity index (χ3n) is 3.05. The number of carbonyl (C=O) groups is 2. The minimum atomic E-state index is -0.502. The predicted octanol–water partition coefficient (Wildman–Crippen LogP) is 3.43. The van der Waals surface area contributed by atoms with Gasteiger partial charge in [0.15, 0.2) is 0 Å². The molecule has 6 nitrogen and oxygen atoms in total. The molecule has 25 heavy (non-hydrogen) atoms. The summed E-state index contributed by atoms with van der Waals surface area (Å²) in [5, 5.41) is 11.5. The largest absolute Gasteiger partial charge is 0.488 e. The Bertz CT molecular complexity index is 784. The first-order valence-corrected chi connectivity index (χ1v) is 7.79. The highest BCUT2D eigenvalue weighted by atomic mass is 35.5. The lowest BCUT2D eigenvalue weighted by atomic mass is 10.2. The molecule has 0 saturated heterocycles. The second-order valence-corrected chi connectivity index (χ2v) is 5.28. The molecule has 0 heterocycles. The summed E-state index contributed by atoms with van der Waals surface area (Å²) in [7, 11) is 0. The number of esters is 1. The zero-order valence-corrected chi connectivity index (χ0v) is 14.0. The number of ether oxygens (including phenoxy) is 2. The average molecular weight is 359 g/mol. The van der Waals surface area contributed by atoms with Crippen LogP contribution < -0.4 is 10.1 Å². The van der Waals surface area contributed by atoms with Gasteiger partial charge in [0.25, 0.3) is 0 Å². The lowest BCUT2D eigenvalue weighted by Crippen LogP contribution is -2.13. The minimum absolute atomic E-state index is 0.0741. The van der Waals surface area contributed by atoms with Gasteiger partial charge in [-0.15, -0.1) is 0 Å².